The van der Waals surface area contributed by atoms with E-state index in [9.17, 15) is 4.79 Å². The molecule has 0 aromatic heterocycles. The van der Waals surface area contributed by atoms with Gasteiger partial charge in [-0.15, -0.1) is 0 Å². The number of ether oxygens (including phenoxy) is 2. The van der Waals surface area contributed by atoms with Crippen molar-refractivity contribution in [2.24, 2.45) is 10.9 Å². The van der Waals surface area contributed by atoms with Gasteiger partial charge in [-0.1, -0.05) is 11.8 Å². The Morgan fingerprint density at radius 3 is 3.00 bits per heavy atom. The van der Waals surface area contributed by atoms with Gasteiger partial charge in [-0.25, -0.2) is 0 Å². The van der Waals surface area contributed by atoms with Crippen LogP contribution in [0.2, 0.25) is 0 Å². The molecule has 100 valence electrons. The predicted molar refractivity (Wildman–Crippen MR) is 70.7 cm³/mol. The molecule has 0 spiro atoms. The topological polar surface area (TPSA) is 47.9 Å². The molecule has 3 atom stereocenters. The molecule has 18 heavy (non-hydrogen) atoms. The molecular weight excluding hydrogens is 250 g/mol. The van der Waals surface area contributed by atoms with E-state index in [1.54, 1.807) is 11.8 Å². The molecule has 1 saturated carbocycles. The number of carbonyl (C=O) groups is 1. The summed E-state index contributed by atoms with van der Waals surface area (Å²) in [5.74, 6) is 0.652. The molecule has 3 aliphatic rings. The fourth-order valence-corrected chi connectivity index (χ4v) is 3.79. The van der Waals surface area contributed by atoms with E-state index in [2.05, 4.69) is 0 Å². The van der Waals surface area contributed by atoms with Gasteiger partial charge in [0.25, 0.3) is 0 Å². The zero-order valence-electron chi connectivity index (χ0n) is 10.6. The summed E-state index contributed by atoms with van der Waals surface area (Å²) in [5.41, 5.74) is 0.160. The second kappa shape index (κ2) is 5.21. The SMILES string of the molecule is CC(=O)OC[C@H]1CC[C@H]2N=C(CC3CC3)S[C@H]2O1. The summed E-state index contributed by atoms with van der Waals surface area (Å²) in [6.07, 6.45) is 5.93. The molecule has 1 aliphatic carbocycles. The first-order valence-electron chi connectivity index (χ1n) is 6.73. The lowest BCUT2D eigenvalue weighted by atomic mass is 10.1. The second-order valence-electron chi connectivity index (χ2n) is 5.36. The third kappa shape index (κ3) is 3.06. The van der Waals surface area contributed by atoms with E-state index in [0.717, 1.165) is 25.2 Å². The first-order valence-corrected chi connectivity index (χ1v) is 7.61. The van der Waals surface area contributed by atoms with Crippen LogP contribution in [-0.4, -0.2) is 35.2 Å². The maximum absolute atomic E-state index is 10.8. The molecule has 2 heterocycles. The molecule has 0 aromatic rings. The lowest BCUT2D eigenvalue weighted by Crippen LogP contribution is -2.36. The minimum atomic E-state index is -0.231. The van der Waals surface area contributed by atoms with Gasteiger partial charge >= 0.3 is 5.97 Å². The van der Waals surface area contributed by atoms with Gasteiger partial charge in [0, 0.05) is 6.92 Å². The number of esters is 1. The molecule has 0 unspecified atom stereocenters. The molecule has 0 bridgehead atoms. The molecule has 0 N–H and O–H groups in total. The molecule has 2 fully saturated rings. The van der Waals surface area contributed by atoms with Crippen LogP contribution >= 0.6 is 11.8 Å². The van der Waals surface area contributed by atoms with Crippen LogP contribution in [0.5, 0.6) is 0 Å². The predicted octanol–water partition coefficient (Wildman–Crippen LogP) is 2.37. The fourth-order valence-electron chi connectivity index (χ4n) is 2.42. The summed E-state index contributed by atoms with van der Waals surface area (Å²) in [4.78, 5) is 15.6. The Labute approximate surface area is 112 Å². The van der Waals surface area contributed by atoms with Crippen LogP contribution in [0.4, 0.5) is 0 Å². The molecule has 0 radical (unpaired) electrons. The fraction of sp³-hybridized carbons (Fsp3) is 0.846. The van der Waals surface area contributed by atoms with Crippen LogP contribution < -0.4 is 0 Å². The van der Waals surface area contributed by atoms with Gasteiger partial charge in [-0.3, -0.25) is 9.79 Å². The molecule has 0 amide bonds. The highest BCUT2D eigenvalue weighted by Crippen LogP contribution is 2.41. The maximum Gasteiger partial charge on any atom is 0.302 e. The van der Waals surface area contributed by atoms with Crippen molar-refractivity contribution in [3.8, 4) is 0 Å². The molecule has 3 rings (SSSR count). The van der Waals surface area contributed by atoms with Crippen LogP contribution in [0.15, 0.2) is 4.99 Å². The lowest BCUT2D eigenvalue weighted by molar-refractivity contribution is -0.147. The Kier molecular flexibility index (Phi) is 3.61. The van der Waals surface area contributed by atoms with Crippen molar-refractivity contribution in [1.82, 2.24) is 0 Å². The number of aliphatic imine (C=N–C) groups is 1. The highest BCUT2D eigenvalue weighted by Gasteiger charge is 2.38. The number of nitrogens with zero attached hydrogens (tertiary/aromatic N) is 1. The van der Waals surface area contributed by atoms with Crippen LogP contribution in [0, 0.1) is 5.92 Å². The van der Waals surface area contributed by atoms with Crippen molar-refractivity contribution in [3.63, 3.8) is 0 Å². The number of fused-ring (bicyclic) bond motifs is 1. The minimum absolute atomic E-state index is 0.0538. The van der Waals surface area contributed by atoms with Gasteiger partial charge in [-0.2, -0.15) is 0 Å². The molecule has 0 aromatic carbocycles. The van der Waals surface area contributed by atoms with Gasteiger partial charge in [0.2, 0.25) is 0 Å². The third-order valence-electron chi connectivity index (χ3n) is 3.62. The van der Waals surface area contributed by atoms with Gasteiger partial charge in [0.1, 0.15) is 12.0 Å². The summed E-state index contributed by atoms with van der Waals surface area (Å²) in [7, 11) is 0. The first-order chi connectivity index (χ1) is 8.70. The molecule has 2 aliphatic heterocycles. The summed E-state index contributed by atoms with van der Waals surface area (Å²) in [6, 6.07) is 0.331. The average Bonchev–Trinajstić information content (AvgIpc) is 3.04. The Morgan fingerprint density at radius 2 is 2.28 bits per heavy atom. The van der Waals surface area contributed by atoms with Crippen molar-refractivity contribution in [3.05, 3.63) is 0 Å². The normalized spacial score (nSPS) is 34.9. The van der Waals surface area contributed by atoms with Crippen LogP contribution in [0.1, 0.15) is 39.0 Å². The van der Waals surface area contributed by atoms with E-state index in [4.69, 9.17) is 14.5 Å². The summed E-state index contributed by atoms with van der Waals surface area (Å²) >= 11 is 1.79. The van der Waals surface area contributed by atoms with Crippen LogP contribution in [-0.2, 0) is 14.3 Å². The minimum Gasteiger partial charge on any atom is -0.463 e. The monoisotopic (exact) mass is 269 g/mol. The number of hydrogen-bond acceptors (Lipinski definition) is 5. The van der Waals surface area contributed by atoms with Gasteiger partial charge in [0.15, 0.2) is 0 Å². The largest absolute Gasteiger partial charge is 0.463 e. The number of hydrogen-bond donors (Lipinski definition) is 0. The zero-order valence-corrected chi connectivity index (χ0v) is 11.4. The van der Waals surface area contributed by atoms with Crippen molar-refractivity contribution in [1.29, 1.82) is 0 Å². The average molecular weight is 269 g/mol. The standard InChI is InChI=1S/C13H19NO3S/c1-8(15)16-7-10-4-5-11-13(17-10)18-12(14-11)6-9-2-3-9/h9-11,13H,2-7H2,1H3/t10-,11-,13-/m1/s1. The smallest absolute Gasteiger partial charge is 0.302 e. The highest BCUT2D eigenvalue weighted by atomic mass is 32.2. The zero-order chi connectivity index (χ0) is 12.5. The van der Waals surface area contributed by atoms with E-state index in [1.807, 2.05) is 0 Å². The van der Waals surface area contributed by atoms with E-state index >= 15 is 0 Å². The molecular formula is C13H19NO3S. The molecule has 4 nitrogen and oxygen atoms in total. The quantitative estimate of drug-likeness (QED) is 0.735. The van der Waals surface area contributed by atoms with Gasteiger partial charge in [0.05, 0.1) is 17.2 Å². The Bertz CT molecular complexity index is 367. The summed E-state index contributed by atoms with van der Waals surface area (Å²) in [6.45, 7) is 1.82. The van der Waals surface area contributed by atoms with Crippen LogP contribution in [0.25, 0.3) is 0 Å². The molecule has 1 saturated heterocycles. The van der Waals surface area contributed by atoms with Crippen molar-refractivity contribution < 1.29 is 14.3 Å². The van der Waals surface area contributed by atoms with E-state index < -0.39 is 0 Å². The number of thioether (sulfide) groups is 1. The maximum atomic E-state index is 10.8. The second-order valence-corrected chi connectivity index (χ2v) is 6.53. The molecule has 5 heteroatoms. The van der Waals surface area contributed by atoms with Gasteiger partial charge in [-0.05, 0) is 38.0 Å². The lowest BCUT2D eigenvalue weighted by Gasteiger charge is -2.30. The van der Waals surface area contributed by atoms with E-state index in [-0.39, 0.29) is 17.5 Å². The summed E-state index contributed by atoms with van der Waals surface area (Å²) in [5, 5.41) is 1.28. The Hall–Kier alpha value is -0.550. The highest BCUT2D eigenvalue weighted by molar-refractivity contribution is 8.14. The van der Waals surface area contributed by atoms with Crippen molar-refractivity contribution >= 4 is 22.8 Å². The van der Waals surface area contributed by atoms with E-state index in [0.29, 0.717) is 12.6 Å². The Morgan fingerprint density at radius 1 is 1.44 bits per heavy atom. The first kappa shape index (κ1) is 12.5. The van der Waals surface area contributed by atoms with E-state index in [1.165, 1.54) is 24.8 Å². The number of carbonyl (C=O) groups excluding carboxylic acids is 1. The number of rotatable bonds is 4. The van der Waals surface area contributed by atoms with Crippen LogP contribution in [0.3, 0.4) is 0 Å². The Balaban J connectivity index is 1.48. The third-order valence-corrected chi connectivity index (χ3v) is 4.82. The van der Waals surface area contributed by atoms with Crippen molar-refractivity contribution in [2.45, 2.75) is 56.6 Å². The van der Waals surface area contributed by atoms with Gasteiger partial charge < -0.3 is 9.47 Å². The summed E-state index contributed by atoms with van der Waals surface area (Å²) < 4.78 is 11.0. The van der Waals surface area contributed by atoms with Crippen molar-refractivity contribution in [2.75, 3.05) is 6.61 Å².